The lowest BCUT2D eigenvalue weighted by atomic mass is 10.00. The van der Waals surface area contributed by atoms with E-state index in [0.717, 1.165) is 25.2 Å². The van der Waals surface area contributed by atoms with Crippen molar-refractivity contribution in [2.45, 2.75) is 44.8 Å². The first kappa shape index (κ1) is 32.6. The second kappa shape index (κ2) is 14.6. The van der Waals surface area contributed by atoms with Gasteiger partial charge in [0.15, 0.2) is 0 Å². The Morgan fingerprint density at radius 2 is 1.77 bits per heavy atom. The summed E-state index contributed by atoms with van der Waals surface area (Å²) in [6.45, 7) is 3.99. The second-order valence-corrected chi connectivity index (χ2v) is 11.6. The van der Waals surface area contributed by atoms with Gasteiger partial charge in [0, 0.05) is 23.9 Å². The highest BCUT2D eigenvalue weighted by Crippen LogP contribution is 2.35. The van der Waals surface area contributed by atoms with Crippen molar-refractivity contribution in [2.75, 3.05) is 20.2 Å². The molecule has 3 aromatic carbocycles. The van der Waals surface area contributed by atoms with Gasteiger partial charge in [-0.15, -0.1) is 0 Å². The number of ether oxygens (including phenoxy) is 1. The summed E-state index contributed by atoms with van der Waals surface area (Å²) in [6.07, 6.45) is 4.90. The monoisotopic (exact) mass is 653 g/mol. The minimum Gasteiger partial charge on any atom is -0.453 e. The van der Waals surface area contributed by atoms with Crippen molar-refractivity contribution >= 4 is 12.0 Å². The SMILES string of the molecule is CCCNCc1nc(-c2ccc(-c3ccc(-c4cnc([C@@H]5CCCN5C(=O)[C@H](NC(=O)OC)c5ccccc5)[nH]4)c(F)c3)cc2F)c[nH]1. The van der Waals surface area contributed by atoms with Crippen LogP contribution in [0.3, 0.4) is 0 Å². The van der Waals surface area contributed by atoms with Crippen LogP contribution < -0.4 is 10.6 Å². The summed E-state index contributed by atoms with van der Waals surface area (Å²) in [5, 5.41) is 5.91. The summed E-state index contributed by atoms with van der Waals surface area (Å²) in [4.78, 5) is 42.9. The molecule has 4 N–H and O–H groups in total. The van der Waals surface area contributed by atoms with Gasteiger partial charge in [0.2, 0.25) is 0 Å². The fourth-order valence-corrected chi connectivity index (χ4v) is 6.02. The Morgan fingerprint density at radius 3 is 2.46 bits per heavy atom. The molecule has 0 radical (unpaired) electrons. The average Bonchev–Trinajstić information content (AvgIpc) is 3.89. The first-order valence-corrected chi connectivity index (χ1v) is 16.0. The topological polar surface area (TPSA) is 128 Å². The van der Waals surface area contributed by atoms with Crippen LogP contribution in [-0.2, 0) is 16.1 Å². The van der Waals surface area contributed by atoms with Gasteiger partial charge in [0.25, 0.3) is 5.91 Å². The highest BCUT2D eigenvalue weighted by atomic mass is 19.1. The Morgan fingerprint density at radius 1 is 1.04 bits per heavy atom. The summed E-state index contributed by atoms with van der Waals surface area (Å²) in [5.41, 5.74) is 3.27. The maximum absolute atomic E-state index is 15.6. The number of nitrogens with one attached hydrogen (secondary N) is 4. The molecule has 5 aromatic rings. The van der Waals surface area contributed by atoms with E-state index in [9.17, 15) is 9.59 Å². The molecule has 12 heteroatoms. The fraction of sp³-hybridized carbons (Fsp3) is 0.278. The van der Waals surface area contributed by atoms with E-state index < -0.39 is 23.8 Å². The molecule has 1 saturated heterocycles. The number of alkyl carbamates (subject to hydrolysis) is 1. The molecular weight excluding hydrogens is 616 g/mol. The number of nitrogens with zero attached hydrogens (tertiary/aromatic N) is 3. The highest BCUT2D eigenvalue weighted by molar-refractivity contribution is 5.87. The van der Waals surface area contributed by atoms with Crippen LogP contribution in [0.4, 0.5) is 13.6 Å². The molecular formula is C36H37F2N7O3. The van der Waals surface area contributed by atoms with E-state index >= 15 is 8.78 Å². The molecule has 1 aliphatic rings. The standard InChI is InChI=1S/C36H37F2N7O3/c1-3-15-39-21-32-40-19-29(42-32)25-13-11-23(17-27(25)37)24-12-14-26(28(38)18-24)30-20-41-34(43-30)31-10-7-16-45(31)35(46)33(44-36(47)48-2)22-8-5-4-6-9-22/h4-6,8-9,11-14,17-20,31,33,39H,3,7,10,15-16,21H2,1-2H3,(H,40,42)(H,41,43)(H,44,47)/t31-,33+/m0/s1. The Hall–Kier alpha value is -5.36. The number of rotatable bonds is 11. The lowest BCUT2D eigenvalue weighted by Gasteiger charge is -2.28. The number of hydrogen-bond acceptors (Lipinski definition) is 6. The molecule has 0 unspecified atom stereocenters. The number of aromatic nitrogens is 4. The van der Waals surface area contributed by atoms with E-state index in [4.69, 9.17) is 4.74 Å². The third-order valence-electron chi connectivity index (χ3n) is 8.46. The number of aromatic amines is 2. The van der Waals surface area contributed by atoms with E-state index in [1.54, 1.807) is 65.8 Å². The van der Waals surface area contributed by atoms with Crippen molar-refractivity contribution in [1.82, 2.24) is 35.5 Å². The van der Waals surface area contributed by atoms with Gasteiger partial charge in [-0.05, 0) is 66.8 Å². The number of carbonyl (C=O) groups is 2. The Balaban J connectivity index is 1.18. The Bertz CT molecular complexity index is 1890. The Kier molecular flexibility index (Phi) is 9.91. The average molecular weight is 654 g/mol. The largest absolute Gasteiger partial charge is 0.453 e. The van der Waals surface area contributed by atoms with E-state index in [1.807, 2.05) is 6.07 Å². The predicted molar refractivity (Wildman–Crippen MR) is 177 cm³/mol. The van der Waals surface area contributed by atoms with Crippen LogP contribution in [0.15, 0.2) is 79.1 Å². The fourth-order valence-electron chi connectivity index (χ4n) is 6.02. The van der Waals surface area contributed by atoms with E-state index in [2.05, 4.69) is 37.5 Å². The summed E-state index contributed by atoms with van der Waals surface area (Å²) in [6, 6.07) is 17.1. The van der Waals surface area contributed by atoms with Crippen molar-refractivity contribution in [3.63, 3.8) is 0 Å². The third-order valence-corrected chi connectivity index (χ3v) is 8.46. The summed E-state index contributed by atoms with van der Waals surface area (Å²) >= 11 is 0. The van der Waals surface area contributed by atoms with Gasteiger partial charge >= 0.3 is 6.09 Å². The van der Waals surface area contributed by atoms with Crippen LogP contribution in [0.5, 0.6) is 0 Å². The molecule has 2 atom stereocenters. The molecule has 248 valence electrons. The lowest BCUT2D eigenvalue weighted by molar-refractivity contribution is -0.134. The molecule has 0 saturated carbocycles. The Labute approximate surface area is 277 Å². The van der Waals surface area contributed by atoms with Crippen LogP contribution in [-0.4, -0.2) is 57.0 Å². The first-order chi connectivity index (χ1) is 23.4. The molecule has 10 nitrogen and oxygen atoms in total. The molecule has 2 amide bonds. The second-order valence-electron chi connectivity index (χ2n) is 11.6. The molecule has 48 heavy (non-hydrogen) atoms. The van der Waals surface area contributed by atoms with Crippen molar-refractivity contribution in [2.24, 2.45) is 0 Å². The van der Waals surface area contributed by atoms with Crippen LogP contribution in [0, 0.1) is 11.6 Å². The number of H-pyrrole nitrogens is 2. The minimum atomic E-state index is -0.942. The molecule has 1 aliphatic heterocycles. The van der Waals surface area contributed by atoms with Crippen LogP contribution in [0.25, 0.3) is 33.6 Å². The van der Waals surface area contributed by atoms with Gasteiger partial charge in [-0.2, -0.15) is 0 Å². The van der Waals surface area contributed by atoms with Crippen molar-refractivity contribution in [1.29, 1.82) is 0 Å². The predicted octanol–water partition coefficient (Wildman–Crippen LogP) is 6.67. The van der Waals surface area contributed by atoms with Crippen molar-refractivity contribution in [3.05, 3.63) is 108 Å². The molecule has 6 rings (SSSR count). The highest BCUT2D eigenvalue weighted by Gasteiger charge is 2.37. The number of carbonyl (C=O) groups excluding carboxylic acids is 2. The molecule has 0 aliphatic carbocycles. The molecule has 1 fully saturated rings. The van der Waals surface area contributed by atoms with E-state index in [-0.39, 0.29) is 11.9 Å². The van der Waals surface area contributed by atoms with Gasteiger partial charge in [0.05, 0.1) is 37.3 Å². The van der Waals surface area contributed by atoms with Crippen LogP contribution in [0.2, 0.25) is 0 Å². The molecule has 0 bridgehead atoms. The number of methoxy groups -OCH3 is 1. The van der Waals surface area contributed by atoms with Gasteiger partial charge in [-0.1, -0.05) is 49.4 Å². The number of likely N-dealkylation sites (tertiary alicyclic amines) is 1. The van der Waals surface area contributed by atoms with E-state index in [0.29, 0.717) is 64.5 Å². The molecule has 2 aromatic heterocycles. The maximum Gasteiger partial charge on any atom is 0.407 e. The van der Waals surface area contributed by atoms with E-state index in [1.165, 1.54) is 19.2 Å². The molecule has 0 spiro atoms. The normalized spacial score (nSPS) is 15.0. The zero-order chi connectivity index (χ0) is 33.6. The first-order valence-electron chi connectivity index (χ1n) is 16.0. The number of imidazole rings is 2. The number of hydrogen-bond donors (Lipinski definition) is 4. The van der Waals surface area contributed by atoms with Gasteiger partial charge in [0.1, 0.15) is 29.3 Å². The van der Waals surface area contributed by atoms with Crippen LogP contribution >= 0.6 is 0 Å². The number of amides is 2. The quantitative estimate of drug-likeness (QED) is 0.118. The van der Waals surface area contributed by atoms with Crippen LogP contribution in [0.1, 0.15) is 55.5 Å². The zero-order valence-corrected chi connectivity index (χ0v) is 26.7. The summed E-state index contributed by atoms with van der Waals surface area (Å²) in [7, 11) is 1.25. The smallest absolute Gasteiger partial charge is 0.407 e. The molecule has 3 heterocycles. The van der Waals surface area contributed by atoms with Crippen molar-refractivity contribution in [3.8, 4) is 33.6 Å². The van der Waals surface area contributed by atoms with Gasteiger partial charge in [-0.25, -0.2) is 23.5 Å². The summed E-state index contributed by atoms with van der Waals surface area (Å²) in [5.74, 6) is -0.0148. The minimum absolute atomic E-state index is 0.292. The lowest BCUT2D eigenvalue weighted by Crippen LogP contribution is -2.42. The maximum atomic E-state index is 15.6. The summed E-state index contributed by atoms with van der Waals surface area (Å²) < 4.78 is 35.5. The number of halogens is 2. The number of benzene rings is 3. The van der Waals surface area contributed by atoms with Gasteiger partial charge in [-0.3, -0.25) is 4.79 Å². The zero-order valence-electron chi connectivity index (χ0n) is 26.7. The van der Waals surface area contributed by atoms with Gasteiger partial charge < -0.3 is 30.2 Å². The third kappa shape index (κ3) is 6.98. The van der Waals surface area contributed by atoms with Crippen molar-refractivity contribution < 1.29 is 23.1 Å².